The van der Waals surface area contributed by atoms with Crippen molar-refractivity contribution in [2.24, 2.45) is 5.92 Å². The zero-order valence-electron chi connectivity index (χ0n) is 10.8. The van der Waals surface area contributed by atoms with Gasteiger partial charge in [0.1, 0.15) is 0 Å². The van der Waals surface area contributed by atoms with Crippen molar-refractivity contribution < 1.29 is 7.53 Å². The van der Waals surface area contributed by atoms with E-state index in [1.54, 1.807) is 0 Å². The van der Waals surface area contributed by atoms with E-state index in [0.717, 1.165) is 11.2 Å². The van der Waals surface area contributed by atoms with Gasteiger partial charge in [0.2, 0.25) is 0 Å². The van der Waals surface area contributed by atoms with Gasteiger partial charge in [-0.3, -0.25) is 0 Å². The van der Waals surface area contributed by atoms with Crippen LogP contribution in [0.3, 0.4) is 0 Å². The molecule has 0 bridgehead atoms. The molecule has 0 aliphatic carbocycles. The van der Waals surface area contributed by atoms with E-state index in [0.29, 0.717) is 0 Å². The van der Waals surface area contributed by atoms with Gasteiger partial charge in [0.05, 0.1) is 0 Å². The van der Waals surface area contributed by atoms with E-state index < -0.39 is 13.9 Å². The first-order valence-corrected chi connectivity index (χ1v) is 9.64. The van der Waals surface area contributed by atoms with Crippen LogP contribution >= 0.6 is 0 Å². The quantitative estimate of drug-likeness (QED) is 0.706. The third kappa shape index (κ3) is 3.55. The zero-order chi connectivity index (χ0) is 11.4. The Morgan fingerprint density at radius 2 is 1.50 bits per heavy atom. The molecule has 0 aromatic rings. The fourth-order valence-corrected chi connectivity index (χ4v) is 9.11. The molecule has 0 atom stereocenters. The van der Waals surface area contributed by atoms with E-state index in [4.69, 9.17) is 7.53 Å². The molecule has 0 N–H and O–H groups in total. The van der Waals surface area contributed by atoms with Crippen LogP contribution in [0.15, 0.2) is 0 Å². The second kappa shape index (κ2) is 5.52. The standard InChI is InChI=1S/C11H26GeO2/c1-10(2)8-9-12(13-6,14-7)11(3,4)5/h10H,8-9H2,1-7H3. The maximum absolute atomic E-state index is 5.77. The van der Waals surface area contributed by atoms with Crippen LogP contribution in [-0.2, 0) is 7.53 Å². The van der Waals surface area contributed by atoms with Gasteiger partial charge in [-0.05, 0) is 0 Å². The van der Waals surface area contributed by atoms with Gasteiger partial charge in [0.15, 0.2) is 0 Å². The number of hydrogen-bond donors (Lipinski definition) is 0. The summed E-state index contributed by atoms with van der Waals surface area (Å²) in [6.07, 6.45) is 1.21. The summed E-state index contributed by atoms with van der Waals surface area (Å²) in [6.45, 7) is 11.2. The Kier molecular flexibility index (Phi) is 5.70. The molecule has 0 fully saturated rings. The Hall–Kier alpha value is 0.463. The van der Waals surface area contributed by atoms with Gasteiger partial charge in [0.25, 0.3) is 0 Å². The van der Waals surface area contributed by atoms with E-state index in [1.807, 2.05) is 14.2 Å². The van der Waals surface area contributed by atoms with Gasteiger partial charge >= 0.3 is 92.1 Å². The van der Waals surface area contributed by atoms with Gasteiger partial charge in [-0.1, -0.05) is 0 Å². The molecule has 0 heterocycles. The molecule has 86 valence electrons. The summed E-state index contributed by atoms with van der Waals surface area (Å²) in [5.41, 5.74) is 0. The predicted octanol–water partition coefficient (Wildman–Crippen LogP) is 3.57. The molecule has 0 rings (SSSR count). The molecule has 0 radical (unpaired) electrons. The fraction of sp³-hybridized carbons (Fsp3) is 1.00. The van der Waals surface area contributed by atoms with E-state index in [2.05, 4.69) is 34.6 Å². The molecular formula is C11H26GeO2. The first-order valence-electron chi connectivity index (χ1n) is 5.39. The number of hydrogen-bond acceptors (Lipinski definition) is 2. The first kappa shape index (κ1) is 14.5. The molecule has 0 aromatic heterocycles. The zero-order valence-corrected chi connectivity index (χ0v) is 12.9. The Labute approximate surface area is 92.4 Å². The molecular weight excluding hydrogens is 237 g/mol. The van der Waals surface area contributed by atoms with Crippen molar-refractivity contribution in [2.45, 2.75) is 50.5 Å². The van der Waals surface area contributed by atoms with Crippen LogP contribution in [-0.4, -0.2) is 28.2 Å². The molecule has 0 aliphatic rings. The minimum atomic E-state index is -2.55. The Bertz CT molecular complexity index is 157. The Morgan fingerprint density at radius 3 is 1.71 bits per heavy atom. The van der Waals surface area contributed by atoms with Crippen molar-refractivity contribution in [2.75, 3.05) is 14.2 Å². The van der Waals surface area contributed by atoms with Crippen LogP contribution in [0.2, 0.25) is 9.50 Å². The van der Waals surface area contributed by atoms with Crippen molar-refractivity contribution in [3.63, 3.8) is 0 Å². The normalized spacial score (nSPS) is 13.7. The Balaban J connectivity index is 4.55. The maximum atomic E-state index is 5.77. The molecule has 0 saturated heterocycles. The van der Waals surface area contributed by atoms with Gasteiger partial charge in [-0.15, -0.1) is 0 Å². The molecule has 14 heavy (non-hydrogen) atoms. The van der Waals surface area contributed by atoms with Crippen LogP contribution in [0.4, 0.5) is 0 Å². The van der Waals surface area contributed by atoms with E-state index in [-0.39, 0.29) is 4.25 Å². The summed E-state index contributed by atoms with van der Waals surface area (Å²) in [6, 6.07) is 0. The van der Waals surface area contributed by atoms with Crippen LogP contribution in [0, 0.1) is 5.92 Å². The average Bonchev–Trinajstić information content (AvgIpc) is 2.04. The molecule has 2 nitrogen and oxygen atoms in total. The summed E-state index contributed by atoms with van der Waals surface area (Å²) < 4.78 is 11.7. The second-order valence-electron chi connectivity index (χ2n) is 5.34. The van der Waals surface area contributed by atoms with Crippen LogP contribution in [0.1, 0.15) is 41.0 Å². The van der Waals surface area contributed by atoms with Crippen LogP contribution in [0.25, 0.3) is 0 Å². The van der Waals surface area contributed by atoms with Crippen molar-refractivity contribution in [1.82, 2.24) is 0 Å². The third-order valence-electron chi connectivity index (χ3n) is 2.85. The second-order valence-corrected chi connectivity index (χ2v) is 14.4. The summed E-state index contributed by atoms with van der Waals surface area (Å²) >= 11 is -2.55. The predicted molar refractivity (Wildman–Crippen MR) is 63.7 cm³/mol. The monoisotopic (exact) mass is 264 g/mol. The molecule has 0 aliphatic heterocycles. The van der Waals surface area contributed by atoms with Crippen molar-refractivity contribution >= 4 is 13.9 Å². The summed E-state index contributed by atoms with van der Waals surface area (Å²) in [7, 11) is 3.63. The molecule has 0 aromatic carbocycles. The summed E-state index contributed by atoms with van der Waals surface area (Å²) in [5.74, 6) is 0.729. The van der Waals surface area contributed by atoms with Gasteiger partial charge < -0.3 is 0 Å². The van der Waals surface area contributed by atoms with Crippen LogP contribution in [0.5, 0.6) is 0 Å². The minimum absolute atomic E-state index is 0.193. The van der Waals surface area contributed by atoms with Crippen LogP contribution < -0.4 is 0 Å². The van der Waals surface area contributed by atoms with Crippen molar-refractivity contribution in [3.8, 4) is 0 Å². The first-order chi connectivity index (χ1) is 6.29. The summed E-state index contributed by atoms with van der Waals surface area (Å²) in [4.78, 5) is 0. The number of rotatable bonds is 5. The molecule has 0 spiro atoms. The molecule has 0 amide bonds. The summed E-state index contributed by atoms with van der Waals surface area (Å²) in [5, 5.41) is 1.13. The SMILES string of the molecule is C[O][Ge]([CH2]CC(C)C)([O]C)[C](C)(C)C. The van der Waals surface area contributed by atoms with E-state index in [1.165, 1.54) is 6.42 Å². The van der Waals surface area contributed by atoms with E-state index >= 15 is 0 Å². The third-order valence-corrected chi connectivity index (χ3v) is 12.4. The van der Waals surface area contributed by atoms with Gasteiger partial charge in [-0.2, -0.15) is 0 Å². The van der Waals surface area contributed by atoms with Gasteiger partial charge in [0, 0.05) is 0 Å². The van der Waals surface area contributed by atoms with Crippen molar-refractivity contribution in [1.29, 1.82) is 0 Å². The molecule has 0 saturated carbocycles. The topological polar surface area (TPSA) is 18.5 Å². The fourth-order valence-electron chi connectivity index (χ4n) is 1.75. The van der Waals surface area contributed by atoms with E-state index in [9.17, 15) is 0 Å². The van der Waals surface area contributed by atoms with Gasteiger partial charge in [-0.25, -0.2) is 0 Å². The Morgan fingerprint density at radius 1 is 1.07 bits per heavy atom. The van der Waals surface area contributed by atoms with Crippen molar-refractivity contribution in [3.05, 3.63) is 0 Å². The molecule has 0 unspecified atom stereocenters. The average molecular weight is 263 g/mol. The molecule has 3 heteroatoms.